The highest BCUT2D eigenvalue weighted by molar-refractivity contribution is 7.14. The Morgan fingerprint density at radius 3 is 2.59 bits per heavy atom. The molecule has 0 saturated heterocycles. The first-order chi connectivity index (χ1) is 17.4. The molecule has 4 rings (SSSR count). The van der Waals surface area contributed by atoms with E-state index in [-0.39, 0.29) is 13.2 Å². The summed E-state index contributed by atoms with van der Waals surface area (Å²) in [5, 5.41) is 6.02. The molecule has 2 aromatic heterocycles. The third-order valence-corrected chi connectivity index (χ3v) is 7.50. The predicted octanol–water partition coefficient (Wildman–Crippen LogP) is 6.21. The van der Waals surface area contributed by atoms with Gasteiger partial charge in [0, 0.05) is 42.5 Å². The fourth-order valence-electron chi connectivity index (χ4n) is 3.82. The molecule has 0 fully saturated rings. The number of carbonyl (C=O) groups excluding carboxylic acids is 1. The molecule has 3 N–H and O–H groups in total. The number of hydrogen-bond donors (Lipinski definition) is 2. The number of nitrogen functional groups attached to an aromatic ring is 1. The number of aryl methyl sites for hydroxylation is 1. The van der Waals surface area contributed by atoms with E-state index in [1.807, 2.05) is 44.4 Å². The molecule has 0 unspecified atom stereocenters. The van der Waals surface area contributed by atoms with Crippen molar-refractivity contribution in [2.75, 3.05) is 33.0 Å². The summed E-state index contributed by atoms with van der Waals surface area (Å²) >= 11 is 7.90. The molecule has 0 bridgehead atoms. The van der Waals surface area contributed by atoms with Gasteiger partial charge in [-0.1, -0.05) is 49.4 Å². The monoisotopic (exact) mass is 538 g/mol. The Bertz CT molecular complexity index is 1320. The molecular formula is C29H35ClN4O2S. The third kappa shape index (κ3) is 8.01. The number of ketones is 1. The number of thiophene rings is 1. The first-order valence-electron chi connectivity index (χ1n) is 11.9. The number of benzene rings is 2. The van der Waals surface area contributed by atoms with Gasteiger partial charge >= 0.3 is 0 Å². The van der Waals surface area contributed by atoms with Gasteiger partial charge in [0.1, 0.15) is 18.2 Å². The molecule has 0 aliphatic heterocycles. The maximum Gasteiger partial charge on any atom is 0.173 e. The van der Waals surface area contributed by atoms with Gasteiger partial charge in [-0.15, -0.1) is 11.3 Å². The number of nitrogens with one attached hydrogen (secondary N) is 1. The summed E-state index contributed by atoms with van der Waals surface area (Å²) in [7, 11) is 4.05. The highest BCUT2D eigenvalue weighted by atomic mass is 35.5. The molecule has 0 spiro atoms. The minimum atomic E-state index is 0. The molecule has 4 aromatic rings. The second-order valence-corrected chi connectivity index (χ2v) is 10.5. The summed E-state index contributed by atoms with van der Waals surface area (Å²) in [6.07, 6.45) is 2.79. The van der Waals surface area contributed by atoms with Crippen molar-refractivity contribution >= 4 is 45.3 Å². The van der Waals surface area contributed by atoms with Crippen LogP contribution >= 0.6 is 22.9 Å². The Kier molecular flexibility index (Phi) is 10.5. The zero-order valence-corrected chi connectivity index (χ0v) is 22.2. The van der Waals surface area contributed by atoms with Gasteiger partial charge in [-0.3, -0.25) is 4.79 Å². The van der Waals surface area contributed by atoms with Crippen molar-refractivity contribution in [1.82, 2.24) is 15.2 Å². The molecule has 8 heteroatoms. The largest absolute Gasteiger partial charge is 0.492 e. The standard InChI is InChI=1S/C28H31ClN4O2S.CH4/c1-33(2)13-14-35-22-7-3-20(4-8-22)17-31-18-27-24(29)16-26(36-27)25(34)10-6-19-5-9-23-21(15-19)11-12-32-28(23)30;/h3-5,7-9,11-12,15-16,31H,6,10,13-14,17-18H2,1-2H3,(H2,30,32);1H4. The van der Waals surface area contributed by atoms with Gasteiger partial charge in [-0.05, 0) is 61.3 Å². The zero-order chi connectivity index (χ0) is 25.5. The van der Waals surface area contributed by atoms with E-state index in [2.05, 4.69) is 33.4 Å². The van der Waals surface area contributed by atoms with E-state index >= 15 is 0 Å². The lowest BCUT2D eigenvalue weighted by atomic mass is 10.0. The molecule has 2 heterocycles. The van der Waals surface area contributed by atoms with Crippen LogP contribution in [0, 0.1) is 0 Å². The number of likely N-dealkylation sites (N-methyl/N-ethyl adjacent to an activating group) is 1. The van der Waals surface area contributed by atoms with E-state index in [1.54, 1.807) is 12.3 Å². The van der Waals surface area contributed by atoms with Crippen LogP contribution in [0.2, 0.25) is 5.02 Å². The molecule has 0 aliphatic rings. The van der Waals surface area contributed by atoms with Gasteiger partial charge < -0.3 is 20.7 Å². The average Bonchev–Trinajstić information content (AvgIpc) is 3.24. The van der Waals surface area contributed by atoms with Crippen molar-refractivity contribution < 1.29 is 9.53 Å². The number of ether oxygens (including phenoxy) is 1. The van der Waals surface area contributed by atoms with E-state index < -0.39 is 0 Å². The van der Waals surface area contributed by atoms with Crippen molar-refractivity contribution in [2.45, 2.75) is 33.4 Å². The number of Topliss-reactive ketones (excluding diaryl/α,β-unsaturated/α-hetero) is 1. The average molecular weight is 539 g/mol. The van der Waals surface area contributed by atoms with Crippen LogP contribution in [0.25, 0.3) is 10.8 Å². The lowest BCUT2D eigenvalue weighted by Gasteiger charge is -2.11. The van der Waals surface area contributed by atoms with Crippen molar-refractivity contribution in [2.24, 2.45) is 0 Å². The smallest absolute Gasteiger partial charge is 0.173 e. The SMILES string of the molecule is C.CN(C)CCOc1ccc(CNCc2sc(C(=O)CCc3ccc4c(N)nccc4c3)cc2Cl)cc1. The van der Waals surface area contributed by atoms with E-state index in [0.717, 1.165) is 39.1 Å². The highest BCUT2D eigenvalue weighted by Crippen LogP contribution is 2.29. The van der Waals surface area contributed by atoms with E-state index in [0.29, 0.717) is 48.3 Å². The van der Waals surface area contributed by atoms with Crippen LogP contribution in [0.5, 0.6) is 5.75 Å². The van der Waals surface area contributed by atoms with Crippen LogP contribution in [-0.2, 0) is 19.5 Å². The molecule has 37 heavy (non-hydrogen) atoms. The van der Waals surface area contributed by atoms with E-state index in [1.165, 1.54) is 11.3 Å². The second kappa shape index (κ2) is 13.5. The van der Waals surface area contributed by atoms with Gasteiger partial charge in [0.15, 0.2) is 5.78 Å². The summed E-state index contributed by atoms with van der Waals surface area (Å²) in [6.45, 7) is 2.86. The molecule has 0 aliphatic carbocycles. The van der Waals surface area contributed by atoms with Crippen molar-refractivity contribution in [1.29, 1.82) is 0 Å². The van der Waals surface area contributed by atoms with Crippen molar-refractivity contribution in [3.8, 4) is 5.75 Å². The van der Waals surface area contributed by atoms with E-state index in [9.17, 15) is 4.79 Å². The fourth-order valence-corrected chi connectivity index (χ4v) is 5.17. The Hall–Kier alpha value is -2.97. The number of carbonyl (C=O) groups is 1. The number of nitrogens with two attached hydrogens (primary N) is 1. The number of fused-ring (bicyclic) bond motifs is 1. The van der Waals surface area contributed by atoms with Crippen LogP contribution in [0.1, 0.15) is 39.5 Å². The Morgan fingerprint density at radius 2 is 1.84 bits per heavy atom. The molecular weight excluding hydrogens is 504 g/mol. The number of aromatic nitrogens is 1. The maximum atomic E-state index is 12.8. The third-order valence-electron chi connectivity index (χ3n) is 5.88. The summed E-state index contributed by atoms with van der Waals surface area (Å²) < 4.78 is 5.74. The quantitative estimate of drug-likeness (QED) is 0.209. The topological polar surface area (TPSA) is 80.5 Å². The summed E-state index contributed by atoms with van der Waals surface area (Å²) in [5.74, 6) is 1.49. The number of anilines is 1. The highest BCUT2D eigenvalue weighted by Gasteiger charge is 2.14. The normalized spacial score (nSPS) is 11.0. The van der Waals surface area contributed by atoms with Crippen LogP contribution in [0.3, 0.4) is 0 Å². The number of pyridine rings is 1. The second-order valence-electron chi connectivity index (χ2n) is 8.96. The van der Waals surface area contributed by atoms with Crippen molar-refractivity contribution in [3.63, 3.8) is 0 Å². The molecule has 0 atom stereocenters. The molecule has 0 amide bonds. The summed E-state index contributed by atoms with van der Waals surface area (Å²) in [6, 6.07) is 17.9. The van der Waals surface area contributed by atoms with Gasteiger partial charge in [0.25, 0.3) is 0 Å². The number of nitrogens with zero attached hydrogens (tertiary/aromatic N) is 2. The summed E-state index contributed by atoms with van der Waals surface area (Å²) in [4.78, 5) is 20.7. The van der Waals surface area contributed by atoms with Crippen LogP contribution in [0.15, 0.2) is 60.8 Å². The molecule has 0 radical (unpaired) electrons. The number of halogens is 1. The van der Waals surface area contributed by atoms with Gasteiger partial charge in [0.05, 0.1) is 9.90 Å². The van der Waals surface area contributed by atoms with Crippen LogP contribution in [0.4, 0.5) is 5.82 Å². The molecule has 0 saturated carbocycles. The molecule has 2 aromatic carbocycles. The molecule has 196 valence electrons. The Labute approximate surface area is 228 Å². The first-order valence-corrected chi connectivity index (χ1v) is 13.1. The van der Waals surface area contributed by atoms with Gasteiger partial charge in [0.2, 0.25) is 0 Å². The fraction of sp³-hybridized carbons (Fsp3) is 0.310. The zero-order valence-electron chi connectivity index (χ0n) is 20.6. The van der Waals surface area contributed by atoms with Crippen LogP contribution < -0.4 is 15.8 Å². The van der Waals surface area contributed by atoms with E-state index in [4.69, 9.17) is 22.1 Å². The lowest BCUT2D eigenvalue weighted by molar-refractivity contribution is 0.0986. The van der Waals surface area contributed by atoms with Crippen LogP contribution in [-0.4, -0.2) is 42.9 Å². The minimum Gasteiger partial charge on any atom is -0.492 e. The number of hydrogen-bond acceptors (Lipinski definition) is 7. The first kappa shape index (κ1) is 28.6. The number of rotatable bonds is 12. The molecule has 6 nitrogen and oxygen atoms in total. The minimum absolute atomic E-state index is 0. The summed E-state index contributed by atoms with van der Waals surface area (Å²) in [5.41, 5.74) is 8.19. The lowest BCUT2D eigenvalue weighted by Crippen LogP contribution is -2.19. The van der Waals surface area contributed by atoms with Crippen molar-refractivity contribution in [3.05, 3.63) is 86.7 Å². The van der Waals surface area contributed by atoms with Gasteiger partial charge in [-0.25, -0.2) is 4.98 Å². The van der Waals surface area contributed by atoms with Gasteiger partial charge in [-0.2, -0.15) is 0 Å². The Balaban J connectivity index is 0.00000380. The predicted molar refractivity (Wildman–Crippen MR) is 156 cm³/mol. The maximum absolute atomic E-state index is 12.8. The Morgan fingerprint density at radius 1 is 1.08 bits per heavy atom.